The van der Waals surface area contributed by atoms with Crippen LogP contribution < -0.4 is 10.4 Å². The minimum absolute atomic E-state index is 0.0498. The van der Waals surface area contributed by atoms with Crippen LogP contribution in [0.5, 0.6) is 0 Å². The number of carbonyl (C=O) groups is 1. The Morgan fingerprint density at radius 2 is 1.88 bits per heavy atom. The van der Waals surface area contributed by atoms with Gasteiger partial charge in [-0.1, -0.05) is 12.1 Å². The Balaban J connectivity index is 2.00. The molecule has 5 nitrogen and oxygen atoms in total. The van der Waals surface area contributed by atoms with Gasteiger partial charge in [-0.25, -0.2) is 9.97 Å². The fourth-order valence-electron chi connectivity index (χ4n) is 2.19. The van der Waals surface area contributed by atoms with Crippen LogP contribution in [-0.2, 0) is 6.18 Å². The number of rotatable bonds is 3. The van der Waals surface area contributed by atoms with Crippen molar-refractivity contribution in [2.75, 3.05) is 5.32 Å². The van der Waals surface area contributed by atoms with Crippen LogP contribution >= 0.6 is 0 Å². The minimum atomic E-state index is -4.45. The van der Waals surface area contributed by atoms with E-state index in [1.54, 1.807) is 0 Å². The third-order valence-corrected chi connectivity index (χ3v) is 3.32. The molecular weight excluding hydrogens is 323 g/mol. The molecule has 1 heterocycles. The fraction of sp³-hybridized carbons (Fsp3) is 0.0625. The highest BCUT2D eigenvalue weighted by molar-refractivity contribution is 5.96. The summed E-state index contributed by atoms with van der Waals surface area (Å²) in [6, 6.07) is 8.78. The number of nitrogens with one attached hydrogen (secondary N) is 1. The number of aromatic carboxylic acids is 1. The molecule has 1 N–H and O–H groups in total. The fourth-order valence-corrected chi connectivity index (χ4v) is 2.19. The summed E-state index contributed by atoms with van der Waals surface area (Å²) >= 11 is 0. The van der Waals surface area contributed by atoms with Gasteiger partial charge in [-0.2, -0.15) is 13.2 Å². The second-order valence-corrected chi connectivity index (χ2v) is 4.95. The Bertz CT molecular complexity index is 926. The zero-order valence-electron chi connectivity index (χ0n) is 12.0. The number of fused-ring (bicyclic) bond motifs is 1. The van der Waals surface area contributed by atoms with Crippen LogP contribution in [-0.4, -0.2) is 15.9 Å². The number of alkyl halides is 3. The molecule has 0 unspecified atom stereocenters. The van der Waals surface area contributed by atoms with E-state index in [1.807, 2.05) is 0 Å². The molecule has 2 aromatic carbocycles. The van der Waals surface area contributed by atoms with E-state index in [-0.39, 0.29) is 17.1 Å². The Hall–Kier alpha value is -3.16. The first-order chi connectivity index (χ1) is 11.3. The smallest absolute Gasteiger partial charge is 0.416 e. The van der Waals surface area contributed by atoms with Crippen LogP contribution in [0, 0.1) is 0 Å². The number of halogens is 3. The van der Waals surface area contributed by atoms with Crippen LogP contribution in [0.3, 0.4) is 0 Å². The lowest BCUT2D eigenvalue weighted by atomic mass is 10.1. The standard InChI is InChI=1S/C16H10F3N3O2/c17-16(18,19)10-2-1-3-11(7-10)22-14-12-5-4-9(15(23)24)6-13(12)20-8-21-14/h1-8H,(H,23,24)(H,20,21,22)/p-1. The summed E-state index contributed by atoms with van der Waals surface area (Å²) in [4.78, 5) is 18.8. The zero-order chi connectivity index (χ0) is 17.3. The van der Waals surface area contributed by atoms with Gasteiger partial charge in [0.2, 0.25) is 0 Å². The molecule has 1 aromatic heterocycles. The van der Waals surface area contributed by atoms with Crippen LogP contribution in [0.1, 0.15) is 15.9 Å². The van der Waals surface area contributed by atoms with Gasteiger partial charge in [-0.15, -0.1) is 0 Å². The van der Waals surface area contributed by atoms with Gasteiger partial charge in [0.15, 0.2) is 0 Å². The minimum Gasteiger partial charge on any atom is -0.545 e. The van der Waals surface area contributed by atoms with E-state index in [2.05, 4.69) is 15.3 Å². The zero-order valence-corrected chi connectivity index (χ0v) is 12.0. The SMILES string of the molecule is O=C([O-])c1ccc2c(Nc3cccc(C(F)(F)F)c3)ncnc2c1. The number of carboxylic acids is 1. The molecule has 122 valence electrons. The molecule has 24 heavy (non-hydrogen) atoms. The van der Waals surface area contributed by atoms with Crippen LogP contribution in [0.15, 0.2) is 48.8 Å². The lowest BCUT2D eigenvalue weighted by Gasteiger charge is -2.12. The summed E-state index contributed by atoms with van der Waals surface area (Å²) in [6.45, 7) is 0. The number of benzene rings is 2. The van der Waals surface area contributed by atoms with Crippen molar-refractivity contribution in [3.05, 3.63) is 59.9 Å². The van der Waals surface area contributed by atoms with E-state index in [1.165, 1.54) is 36.7 Å². The molecule has 0 atom stereocenters. The molecule has 0 aliphatic rings. The highest BCUT2D eigenvalue weighted by atomic mass is 19.4. The molecule has 0 spiro atoms. The predicted octanol–water partition coefficient (Wildman–Crippen LogP) is 2.76. The quantitative estimate of drug-likeness (QED) is 0.798. The molecular formula is C16H9F3N3O2-. The number of carbonyl (C=O) groups excluding carboxylic acids is 1. The van der Waals surface area contributed by atoms with Gasteiger partial charge in [0.1, 0.15) is 12.1 Å². The molecule has 0 aliphatic heterocycles. The van der Waals surface area contributed by atoms with Gasteiger partial charge in [0.05, 0.1) is 17.0 Å². The summed E-state index contributed by atoms with van der Waals surface area (Å²) in [5.74, 6) is -1.08. The van der Waals surface area contributed by atoms with E-state index < -0.39 is 17.7 Å². The molecule has 0 saturated carbocycles. The molecule has 3 rings (SSSR count). The Labute approximate surface area is 133 Å². The number of nitrogens with zero attached hydrogens (tertiary/aromatic N) is 2. The molecule has 3 aromatic rings. The lowest BCUT2D eigenvalue weighted by molar-refractivity contribution is -0.255. The first-order valence-corrected chi connectivity index (χ1v) is 6.75. The van der Waals surface area contributed by atoms with Crippen LogP contribution in [0.25, 0.3) is 10.9 Å². The number of carboxylic acid groups (broad SMARTS) is 1. The normalized spacial score (nSPS) is 11.5. The lowest BCUT2D eigenvalue weighted by Crippen LogP contribution is -2.22. The second-order valence-electron chi connectivity index (χ2n) is 4.95. The average molecular weight is 332 g/mol. The summed E-state index contributed by atoms with van der Waals surface area (Å²) in [6.07, 6.45) is -3.26. The summed E-state index contributed by atoms with van der Waals surface area (Å²) in [5, 5.41) is 14.1. The van der Waals surface area contributed by atoms with Crippen LogP contribution in [0.2, 0.25) is 0 Å². The number of anilines is 2. The van der Waals surface area contributed by atoms with Crippen molar-refractivity contribution in [1.82, 2.24) is 9.97 Å². The van der Waals surface area contributed by atoms with Crippen molar-refractivity contribution in [2.24, 2.45) is 0 Å². The topological polar surface area (TPSA) is 77.9 Å². The van der Waals surface area contributed by atoms with Gasteiger partial charge in [-0.3, -0.25) is 0 Å². The molecule has 8 heteroatoms. The van der Waals surface area contributed by atoms with Gasteiger partial charge in [0, 0.05) is 11.1 Å². The molecule has 0 fully saturated rings. The van der Waals surface area contributed by atoms with E-state index in [9.17, 15) is 23.1 Å². The highest BCUT2D eigenvalue weighted by Crippen LogP contribution is 2.32. The first kappa shape index (κ1) is 15.7. The van der Waals surface area contributed by atoms with E-state index in [4.69, 9.17) is 0 Å². The maximum absolute atomic E-state index is 12.8. The van der Waals surface area contributed by atoms with Gasteiger partial charge in [0.25, 0.3) is 0 Å². The van der Waals surface area contributed by atoms with Crippen molar-refractivity contribution in [3.63, 3.8) is 0 Å². The van der Waals surface area contributed by atoms with E-state index in [0.29, 0.717) is 10.9 Å². The van der Waals surface area contributed by atoms with Gasteiger partial charge < -0.3 is 15.2 Å². The molecule has 0 radical (unpaired) electrons. The third kappa shape index (κ3) is 3.12. The first-order valence-electron chi connectivity index (χ1n) is 6.75. The van der Waals surface area contributed by atoms with Crippen molar-refractivity contribution in [3.8, 4) is 0 Å². The largest absolute Gasteiger partial charge is 0.545 e. The van der Waals surface area contributed by atoms with Gasteiger partial charge >= 0.3 is 6.18 Å². The maximum Gasteiger partial charge on any atom is 0.416 e. The van der Waals surface area contributed by atoms with Crippen LogP contribution in [0.4, 0.5) is 24.7 Å². The third-order valence-electron chi connectivity index (χ3n) is 3.32. The Morgan fingerprint density at radius 3 is 2.58 bits per heavy atom. The monoisotopic (exact) mass is 332 g/mol. The Morgan fingerprint density at radius 1 is 1.08 bits per heavy atom. The molecule has 0 bridgehead atoms. The molecule has 0 amide bonds. The summed E-state index contributed by atoms with van der Waals surface area (Å²) in [5.41, 5.74) is -0.300. The number of hydrogen-bond acceptors (Lipinski definition) is 5. The van der Waals surface area contributed by atoms with E-state index in [0.717, 1.165) is 12.1 Å². The van der Waals surface area contributed by atoms with Gasteiger partial charge in [-0.05, 0) is 35.9 Å². The number of aromatic nitrogens is 2. The average Bonchev–Trinajstić information content (AvgIpc) is 2.54. The van der Waals surface area contributed by atoms with E-state index >= 15 is 0 Å². The maximum atomic E-state index is 12.8. The van der Waals surface area contributed by atoms with Crippen molar-refractivity contribution in [2.45, 2.75) is 6.18 Å². The summed E-state index contributed by atoms with van der Waals surface area (Å²) < 4.78 is 38.3. The molecule has 0 saturated heterocycles. The highest BCUT2D eigenvalue weighted by Gasteiger charge is 2.30. The van der Waals surface area contributed by atoms with Crippen molar-refractivity contribution < 1.29 is 23.1 Å². The van der Waals surface area contributed by atoms with Crippen molar-refractivity contribution in [1.29, 1.82) is 0 Å². The number of hydrogen-bond donors (Lipinski definition) is 1. The van der Waals surface area contributed by atoms with Crippen molar-refractivity contribution >= 4 is 28.4 Å². The predicted molar refractivity (Wildman–Crippen MR) is 78.6 cm³/mol. The Kier molecular flexibility index (Phi) is 3.80. The second kappa shape index (κ2) is 5.80. The summed E-state index contributed by atoms with van der Waals surface area (Å²) in [7, 11) is 0. The molecule has 0 aliphatic carbocycles.